The van der Waals surface area contributed by atoms with Gasteiger partial charge in [0.25, 0.3) is 0 Å². The molecule has 140 valence electrons. The summed E-state index contributed by atoms with van der Waals surface area (Å²) < 4.78 is 16.5. The first-order chi connectivity index (χ1) is 11.7. The van der Waals surface area contributed by atoms with Gasteiger partial charge in [-0.15, -0.1) is 0 Å². The molecule has 0 aromatic carbocycles. The van der Waals surface area contributed by atoms with Gasteiger partial charge in [-0.1, -0.05) is 6.92 Å². The van der Waals surface area contributed by atoms with Gasteiger partial charge < -0.3 is 19.5 Å². The van der Waals surface area contributed by atoms with Crippen LogP contribution in [0.3, 0.4) is 0 Å². The fourth-order valence-electron chi connectivity index (χ4n) is 2.73. The highest BCUT2D eigenvalue weighted by molar-refractivity contribution is 5.78. The van der Waals surface area contributed by atoms with Crippen LogP contribution in [0.4, 0.5) is 0 Å². The lowest BCUT2D eigenvalue weighted by Gasteiger charge is -2.27. The topological polar surface area (TPSA) is 73.9 Å². The molecule has 1 N–H and O–H groups in total. The van der Waals surface area contributed by atoms with Gasteiger partial charge >= 0.3 is 0 Å². The molecule has 0 atom stereocenters. The van der Waals surface area contributed by atoms with Gasteiger partial charge in [-0.05, 0) is 32.1 Å². The predicted octanol–water partition coefficient (Wildman–Crippen LogP) is 2.24. The lowest BCUT2D eigenvalue weighted by atomic mass is 9.95. The van der Waals surface area contributed by atoms with Crippen molar-refractivity contribution in [3.63, 3.8) is 0 Å². The second kappa shape index (κ2) is 13.3. The molecule has 1 fully saturated rings. The van der Waals surface area contributed by atoms with Gasteiger partial charge in [0, 0.05) is 39.5 Å². The highest BCUT2D eigenvalue weighted by Gasteiger charge is 2.20. The highest BCUT2D eigenvalue weighted by atomic mass is 16.5. The van der Waals surface area contributed by atoms with Gasteiger partial charge in [0.05, 0.1) is 25.4 Å². The molecule has 0 aliphatic heterocycles. The zero-order chi connectivity index (χ0) is 17.6. The Balaban J connectivity index is 1.89. The number of ketones is 1. The number of amides is 1. The standard InChI is InChI=1S/C18H33NO5/c1-3-15(20)10-13-23-14-11-19-18(21)5-4-12-24-17-8-6-16(22-2)7-9-17/h16-17H,3-14H2,1-2H3,(H,19,21). The Morgan fingerprint density at radius 2 is 1.71 bits per heavy atom. The third-order valence-corrected chi connectivity index (χ3v) is 4.34. The number of hydrogen-bond acceptors (Lipinski definition) is 5. The van der Waals surface area contributed by atoms with Crippen molar-refractivity contribution in [3.05, 3.63) is 0 Å². The SMILES string of the molecule is CCC(=O)CCOCCNC(=O)CCCOC1CCC(OC)CC1. The van der Waals surface area contributed by atoms with E-state index in [1.54, 1.807) is 7.11 Å². The second-order valence-electron chi connectivity index (χ2n) is 6.21. The first kappa shape index (κ1) is 21.1. The summed E-state index contributed by atoms with van der Waals surface area (Å²) in [6.07, 6.45) is 7.13. The molecule has 1 aliphatic rings. The van der Waals surface area contributed by atoms with E-state index in [1.807, 2.05) is 6.92 Å². The Kier molecular flexibility index (Phi) is 11.7. The van der Waals surface area contributed by atoms with Gasteiger partial charge in [-0.2, -0.15) is 0 Å². The van der Waals surface area contributed by atoms with Crippen molar-refractivity contribution in [1.29, 1.82) is 0 Å². The van der Waals surface area contributed by atoms with Gasteiger partial charge in [-0.3, -0.25) is 9.59 Å². The largest absolute Gasteiger partial charge is 0.381 e. The van der Waals surface area contributed by atoms with Crippen LogP contribution in [0.1, 0.15) is 58.3 Å². The monoisotopic (exact) mass is 343 g/mol. The van der Waals surface area contributed by atoms with Gasteiger partial charge in [0.2, 0.25) is 5.91 Å². The van der Waals surface area contributed by atoms with Crippen LogP contribution in [-0.4, -0.2) is 57.4 Å². The zero-order valence-electron chi connectivity index (χ0n) is 15.2. The van der Waals surface area contributed by atoms with Crippen molar-refractivity contribution in [2.24, 2.45) is 0 Å². The number of carbonyl (C=O) groups is 2. The van der Waals surface area contributed by atoms with Crippen molar-refractivity contribution in [3.8, 4) is 0 Å². The van der Waals surface area contributed by atoms with Crippen LogP contribution >= 0.6 is 0 Å². The maximum Gasteiger partial charge on any atom is 0.220 e. The van der Waals surface area contributed by atoms with Gasteiger partial charge in [0.1, 0.15) is 5.78 Å². The Hall–Kier alpha value is -0.980. The summed E-state index contributed by atoms with van der Waals surface area (Å²) in [5.41, 5.74) is 0. The number of methoxy groups -OCH3 is 1. The fraction of sp³-hybridized carbons (Fsp3) is 0.889. The molecule has 0 saturated heterocycles. The van der Waals surface area contributed by atoms with Gasteiger partial charge in [-0.25, -0.2) is 0 Å². The van der Waals surface area contributed by atoms with E-state index in [-0.39, 0.29) is 11.7 Å². The van der Waals surface area contributed by atoms with Gasteiger partial charge in [0.15, 0.2) is 0 Å². The van der Waals surface area contributed by atoms with E-state index < -0.39 is 0 Å². The highest BCUT2D eigenvalue weighted by Crippen LogP contribution is 2.23. The summed E-state index contributed by atoms with van der Waals surface area (Å²) in [5.74, 6) is 0.227. The Morgan fingerprint density at radius 3 is 2.38 bits per heavy atom. The molecule has 0 spiro atoms. The second-order valence-corrected chi connectivity index (χ2v) is 6.21. The Bertz CT molecular complexity index is 353. The maximum atomic E-state index is 11.7. The maximum absolute atomic E-state index is 11.7. The molecular formula is C18H33NO5. The third kappa shape index (κ3) is 10.0. The van der Waals surface area contributed by atoms with Crippen LogP contribution < -0.4 is 5.32 Å². The molecule has 0 heterocycles. The zero-order valence-corrected chi connectivity index (χ0v) is 15.2. The Morgan fingerprint density at radius 1 is 1.00 bits per heavy atom. The molecular weight excluding hydrogens is 310 g/mol. The van der Waals surface area contributed by atoms with E-state index in [0.717, 1.165) is 32.1 Å². The summed E-state index contributed by atoms with van der Waals surface area (Å²) in [6, 6.07) is 0. The van der Waals surface area contributed by atoms with E-state index in [9.17, 15) is 9.59 Å². The van der Waals surface area contributed by atoms with Crippen LogP contribution in [0.15, 0.2) is 0 Å². The molecule has 1 aliphatic carbocycles. The van der Waals surface area contributed by atoms with E-state index in [1.165, 1.54) is 0 Å². The van der Waals surface area contributed by atoms with E-state index >= 15 is 0 Å². The first-order valence-corrected chi connectivity index (χ1v) is 9.16. The number of nitrogens with one attached hydrogen (secondary N) is 1. The molecule has 0 aromatic rings. The lowest BCUT2D eigenvalue weighted by molar-refractivity contribution is -0.122. The molecule has 0 aromatic heterocycles. The number of hydrogen-bond donors (Lipinski definition) is 1. The smallest absolute Gasteiger partial charge is 0.220 e. The molecule has 6 nitrogen and oxygen atoms in total. The van der Waals surface area contributed by atoms with Crippen LogP contribution in [-0.2, 0) is 23.8 Å². The van der Waals surface area contributed by atoms with Crippen molar-refractivity contribution < 1.29 is 23.8 Å². The number of ether oxygens (including phenoxy) is 3. The minimum atomic E-state index is 0.0231. The molecule has 1 saturated carbocycles. The molecule has 0 radical (unpaired) electrons. The Labute approximate surface area is 145 Å². The number of Topliss-reactive ketones (excluding diaryl/α,β-unsaturated/α-hetero) is 1. The van der Waals surface area contributed by atoms with Crippen molar-refractivity contribution >= 4 is 11.7 Å². The molecule has 1 rings (SSSR count). The summed E-state index contributed by atoms with van der Waals surface area (Å²) in [5, 5.41) is 2.82. The molecule has 24 heavy (non-hydrogen) atoms. The van der Waals surface area contributed by atoms with Crippen LogP contribution in [0, 0.1) is 0 Å². The minimum absolute atomic E-state index is 0.0231. The number of carbonyl (C=O) groups excluding carboxylic acids is 2. The fourth-order valence-corrected chi connectivity index (χ4v) is 2.73. The van der Waals surface area contributed by atoms with Crippen molar-refractivity contribution in [2.75, 3.05) is 33.5 Å². The molecule has 1 amide bonds. The lowest BCUT2D eigenvalue weighted by Crippen LogP contribution is -2.28. The van der Waals surface area contributed by atoms with E-state index in [0.29, 0.717) is 57.8 Å². The van der Waals surface area contributed by atoms with Crippen molar-refractivity contribution in [2.45, 2.75) is 70.5 Å². The normalized spacial score (nSPS) is 20.8. The average Bonchev–Trinajstić information content (AvgIpc) is 2.61. The van der Waals surface area contributed by atoms with Crippen molar-refractivity contribution in [1.82, 2.24) is 5.32 Å². The van der Waals surface area contributed by atoms with Crippen LogP contribution in [0.2, 0.25) is 0 Å². The summed E-state index contributed by atoms with van der Waals surface area (Å²) in [4.78, 5) is 22.7. The average molecular weight is 343 g/mol. The number of rotatable bonds is 13. The van der Waals surface area contributed by atoms with Crippen LogP contribution in [0.25, 0.3) is 0 Å². The predicted molar refractivity (Wildman–Crippen MR) is 92.0 cm³/mol. The van der Waals surface area contributed by atoms with E-state index in [4.69, 9.17) is 14.2 Å². The first-order valence-electron chi connectivity index (χ1n) is 9.16. The quantitative estimate of drug-likeness (QED) is 0.519. The van der Waals surface area contributed by atoms with Crippen LogP contribution in [0.5, 0.6) is 0 Å². The summed E-state index contributed by atoms with van der Waals surface area (Å²) in [7, 11) is 1.76. The minimum Gasteiger partial charge on any atom is -0.381 e. The molecule has 0 unspecified atom stereocenters. The summed E-state index contributed by atoms with van der Waals surface area (Å²) >= 11 is 0. The molecule has 0 bridgehead atoms. The summed E-state index contributed by atoms with van der Waals surface area (Å²) in [6.45, 7) is 3.84. The van der Waals surface area contributed by atoms with E-state index in [2.05, 4.69) is 5.32 Å². The third-order valence-electron chi connectivity index (χ3n) is 4.34. The molecule has 6 heteroatoms.